The molecule has 3 fully saturated rings. The first-order valence-corrected chi connectivity index (χ1v) is 12.0. The molecule has 1 unspecified atom stereocenters. The van der Waals surface area contributed by atoms with Crippen LogP contribution in [0.3, 0.4) is 0 Å². The van der Waals surface area contributed by atoms with Crippen LogP contribution in [0.5, 0.6) is 0 Å². The summed E-state index contributed by atoms with van der Waals surface area (Å²) in [4.78, 5) is 29.8. The van der Waals surface area contributed by atoms with E-state index in [1.165, 1.54) is 18.9 Å². The second-order valence-corrected chi connectivity index (χ2v) is 9.81. The van der Waals surface area contributed by atoms with Gasteiger partial charge in [-0.25, -0.2) is 4.39 Å². The molecule has 0 spiro atoms. The number of carbonyl (C=O) groups excluding carboxylic acids is 2. The van der Waals surface area contributed by atoms with E-state index < -0.39 is 0 Å². The fourth-order valence-electron chi connectivity index (χ4n) is 5.60. The van der Waals surface area contributed by atoms with Gasteiger partial charge in [0, 0.05) is 49.7 Å². The van der Waals surface area contributed by atoms with Gasteiger partial charge < -0.3 is 10.2 Å². The van der Waals surface area contributed by atoms with E-state index in [1.807, 2.05) is 6.92 Å². The molecule has 2 saturated carbocycles. The van der Waals surface area contributed by atoms with Gasteiger partial charge in [-0.05, 0) is 62.8 Å². The summed E-state index contributed by atoms with van der Waals surface area (Å²) in [6, 6.07) is 3.19. The molecule has 170 valence electrons. The van der Waals surface area contributed by atoms with Crippen molar-refractivity contribution < 1.29 is 14.0 Å². The quantitative estimate of drug-likeness (QED) is 0.751. The Hall–Kier alpha value is -1.95. The molecule has 3 aliphatic rings. The predicted octanol–water partition coefficient (Wildman–Crippen LogP) is 4.49. The largest absolute Gasteiger partial charge is 0.337 e. The minimum Gasteiger partial charge on any atom is -0.337 e. The summed E-state index contributed by atoms with van der Waals surface area (Å²) in [5, 5.41) is 2.98. The number of carbonyl (C=O) groups is 2. The maximum Gasteiger partial charge on any atom is 0.227 e. The van der Waals surface area contributed by atoms with E-state index >= 15 is 0 Å². The molecule has 1 saturated heterocycles. The van der Waals surface area contributed by atoms with Crippen molar-refractivity contribution in [3.8, 4) is 0 Å². The number of rotatable bonds is 5. The molecule has 6 heteroatoms. The normalized spacial score (nSPS) is 23.5. The number of nitrogens with one attached hydrogen (secondary N) is 1. The number of piperazine rings is 1. The molecule has 1 atom stereocenters. The average molecular weight is 430 g/mol. The van der Waals surface area contributed by atoms with Gasteiger partial charge in [-0.1, -0.05) is 25.7 Å². The zero-order valence-electron chi connectivity index (χ0n) is 19.0. The van der Waals surface area contributed by atoms with Crippen LogP contribution in [-0.4, -0.2) is 47.3 Å². The molecule has 2 aliphatic carbocycles. The molecule has 1 aromatic rings. The summed E-state index contributed by atoms with van der Waals surface area (Å²) in [7, 11) is 0. The van der Waals surface area contributed by atoms with Gasteiger partial charge in [-0.2, -0.15) is 0 Å². The first kappa shape index (κ1) is 22.3. The van der Waals surface area contributed by atoms with Gasteiger partial charge in [0.25, 0.3) is 0 Å². The number of anilines is 1. The van der Waals surface area contributed by atoms with Crippen molar-refractivity contribution in [2.45, 2.75) is 77.8 Å². The Morgan fingerprint density at radius 3 is 2.32 bits per heavy atom. The van der Waals surface area contributed by atoms with Gasteiger partial charge in [-0.15, -0.1) is 0 Å². The van der Waals surface area contributed by atoms with Crippen LogP contribution < -0.4 is 5.32 Å². The third-order valence-electron chi connectivity index (χ3n) is 7.56. The molecule has 4 rings (SSSR count). The van der Waals surface area contributed by atoms with Crippen molar-refractivity contribution in [1.29, 1.82) is 0 Å². The number of benzene rings is 1. The van der Waals surface area contributed by atoms with Crippen molar-refractivity contribution >= 4 is 17.5 Å². The zero-order valence-corrected chi connectivity index (χ0v) is 19.0. The Bertz CT molecular complexity index is 815. The van der Waals surface area contributed by atoms with E-state index in [0.717, 1.165) is 69.3 Å². The molecule has 2 amide bonds. The van der Waals surface area contributed by atoms with Gasteiger partial charge in [0.2, 0.25) is 11.8 Å². The highest BCUT2D eigenvalue weighted by Gasteiger charge is 2.33. The molecule has 1 N–H and O–H groups in total. The molecular weight excluding hydrogens is 393 g/mol. The lowest BCUT2D eigenvalue weighted by molar-refractivity contribution is -0.140. The van der Waals surface area contributed by atoms with E-state index in [4.69, 9.17) is 0 Å². The fraction of sp³-hybridized carbons (Fsp3) is 0.680. The van der Waals surface area contributed by atoms with Crippen LogP contribution in [0, 0.1) is 24.6 Å². The first-order chi connectivity index (χ1) is 14.9. The molecule has 1 aromatic carbocycles. The van der Waals surface area contributed by atoms with Gasteiger partial charge in [0.1, 0.15) is 5.82 Å². The van der Waals surface area contributed by atoms with Gasteiger partial charge in [0.15, 0.2) is 0 Å². The summed E-state index contributed by atoms with van der Waals surface area (Å²) in [6.07, 6.45) is 8.45. The number of hydrogen-bond acceptors (Lipinski definition) is 3. The van der Waals surface area contributed by atoms with Crippen LogP contribution in [0.2, 0.25) is 0 Å². The van der Waals surface area contributed by atoms with Crippen LogP contribution in [0.4, 0.5) is 10.1 Å². The Morgan fingerprint density at radius 1 is 1.03 bits per heavy atom. The minimum absolute atomic E-state index is 0.0183. The summed E-state index contributed by atoms with van der Waals surface area (Å²) in [6.45, 7) is 7.02. The molecule has 1 heterocycles. The lowest BCUT2D eigenvalue weighted by Crippen LogP contribution is -2.54. The summed E-state index contributed by atoms with van der Waals surface area (Å²) >= 11 is 0. The predicted molar refractivity (Wildman–Crippen MR) is 120 cm³/mol. The average Bonchev–Trinajstić information content (AvgIpc) is 3.45. The monoisotopic (exact) mass is 429 g/mol. The number of halogens is 1. The van der Waals surface area contributed by atoms with E-state index in [-0.39, 0.29) is 29.6 Å². The van der Waals surface area contributed by atoms with E-state index in [0.29, 0.717) is 18.1 Å². The highest BCUT2D eigenvalue weighted by atomic mass is 19.1. The van der Waals surface area contributed by atoms with Gasteiger partial charge >= 0.3 is 0 Å². The molecule has 31 heavy (non-hydrogen) atoms. The molecule has 5 nitrogen and oxygen atoms in total. The SMILES string of the molecule is Cc1c(CN2CCN(C(=O)C3CCCC3)C(C)C2)cc(F)cc1NC(=O)C1CCCC1. The number of amides is 2. The Balaban J connectivity index is 1.39. The lowest BCUT2D eigenvalue weighted by atomic mass is 10.0. The number of nitrogens with zero attached hydrogens (tertiary/aromatic N) is 2. The Labute approximate surface area is 185 Å². The van der Waals surface area contributed by atoms with Crippen LogP contribution >= 0.6 is 0 Å². The van der Waals surface area contributed by atoms with E-state index in [2.05, 4.69) is 22.0 Å². The van der Waals surface area contributed by atoms with Gasteiger partial charge in [0.05, 0.1) is 0 Å². The number of hydrogen-bond donors (Lipinski definition) is 1. The van der Waals surface area contributed by atoms with Crippen LogP contribution in [-0.2, 0) is 16.1 Å². The fourth-order valence-corrected chi connectivity index (χ4v) is 5.60. The molecule has 0 radical (unpaired) electrons. The molecule has 0 bridgehead atoms. The maximum atomic E-state index is 14.4. The van der Waals surface area contributed by atoms with Crippen molar-refractivity contribution in [3.63, 3.8) is 0 Å². The van der Waals surface area contributed by atoms with Crippen molar-refractivity contribution in [1.82, 2.24) is 9.80 Å². The minimum atomic E-state index is -0.314. The molecular formula is C25H36FN3O2. The second kappa shape index (κ2) is 9.68. The van der Waals surface area contributed by atoms with Crippen molar-refractivity contribution in [2.24, 2.45) is 11.8 Å². The summed E-state index contributed by atoms with van der Waals surface area (Å²) < 4.78 is 14.4. The van der Waals surface area contributed by atoms with Gasteiger partial charge in [-0.3, -0.25) is 14.5 Å². The molecule has 1 aliphatic heterocycles. The highest BCUT2D eigenvalue weighted by Crippen LogP contribution is 2.30. The van der Waals surface area contributed by atoms with Crippen molar-refractivity contribution in [2.75, 3.05) is 25.0 Å². The maximum absolute atomic E-state index is 14.4. The van der Waals surface area contributed by atoms with Crippen LogP contribution in [0.1, 0.15) is 69.4 Å². The summed E-state index contributed by atoms with van der Waals surface area (Å²) in [5.41, 5.74) is 2.43. The topological polar surface area (TPSA) is 52.6 Å². The third-order valence-corrected chi connectivity index (χ3v) is 7.56. The highest BCUT2D eigenvalue weighted by molar-refractivity contribution is 5.93. The van der Waals surface area contributed by atoms with E-state index in [9.17, 15) is 14.0 Å². The standard InChI is InChI=1S/C25H36FN3O2/c1-17-15-28(11-12-29(17)25(31)20-9-5-6-10-20)16-21-13-22(26)14-23(18(21)2)27-24(30)19-7-3-4-8-19/h13-14,17,19-20H,3-12,15-16H2,1-2H3,(H,27,30). The second-order valence-electron chi connectivity index (χ2n) is 9.81. The van der Waals surface area contributed by atoms with Crippen molar-refractivity contribution in [3.05, 3.63) is 29.1 Å². The summed E-state index contributed by atoms with van der Waals surface area (Å²) in [5.74, 6) is 0.293. The third kappa shape index (κ3) is 5.11. The van der Waals surface area contributed by atoms with Crippen LogP contribution in [0.25, 0.3) is 0 Å². The van der Waals surface area contributed by atoms with Crippen LogP contribution in [0.15, 0.2) is 12.1 Å². The lowest BCUT2D eigenvalue weighted by Gasteiger charge is -2.41. The Morgan fingerprint density at radius 2 is 1.68 bits per heavy atom. The first-order valence-electron chi connectivity index (χ1n) is 12.0. The Kier molecular flexibility index (Phi) is 6.95. The zero-order chi connectivity index (χ0) is 22.0. The smallest absolute Gasteiger partial charge is 0.227 e. The molecule has 0 aromatic heterocycles. The van der Waals surface area contributed by atoms with E-state index in [1.54, 1.807) is 6.07 Å².